The third-order valence-electron chi connectivity index (χ3n) is 2.90. The first-order valence-corrected chi connectivity index (χ1v) is 6.59. The third-order valence-corrected chi connectivity index (χ3v) is 3.90. The summed E-state index contributed by atoms with van der Waals surface area (Å²) in [6.07, 6.45) is 0. The van der Waals surface area contributed by atoms with Gasteiger partial charge in [0.2, 0.25) is 0 Å². The number of hydrogen-bond donors (Lipinski definition) is 1. The third kappa shape index (κ3) is 2.26. The SMILES string of the molecule is Cc1cc(C)c(-c2nc(C)sc2CN)c(C)c1. The van der Waals surface area contributed by atoms with Gasteiger partial charge in [-0.05, 0) is 38.8 Å². The van der Waals surface area contributed by atoms with E-state index in [4.69, 9.17) is 5.73 Å². The zero-order chi connectivity index (χ0) is 12.6. The number of aryl methyl sites for hydroxylation is 4. The minimum Gasteiger partial charge on any atom is -0.326 e. The number of rotatable bonds is 2. The Morgan fingerprint density at radius 3 is 2.24 bits per heavy atom. The molecule has 1 heterocycles. The second-order valence-electron chi connectivity index (χ2n) is 4.48. The predicted octanol–water partition coefficient (Wildman–Crippen LogP) is 3.50. The van der Waals surface area contributed by atoms with Crippen molar-refractivity contribution in [3.8, 4) is 11.3 Å². The van der Waals surface area contributed by atoms with E-state index in [1.54, 1.807) is 11.3 Å². The van der Waals surface area contributed by atoms with Gasteiger partial charge in [-0.3, -0.25) is 0 Å². The Hall–Kier alpha value is -1.19. The van der Waals surface area contributed by atoms with E-state index in [9.17, 15) is 0 Å². The summed E-state index contributed by atoms with van der Waals surface area (Å²) in [5.41, 5.74) is 12.0. The molecule has 0 fully saturated rings. The lowest BCUT2D eigenvalue weighted by atomic mass is 9.97. The molecule has 17 heavy (non-hydrogen) atoms. The molecule has 2 nitrogen and oxygen atoms in total. The molecule has 0 spiro atoms. The van der Waals surface area contributed by atoms with Crippen LogP contribution in [0.3, 0.4) is 0 Å². The van der Waals surface area contributed by atoms with Crippen molar-refractivity contribution in [2.24, 2.45) is 5.73 Å². The molecule has 0 saturated carbocycles. The van der Waals surface area contributed by atoms with Crippen LogP contribution in [0.4, 0.5) is 0 Å². The lowest BCUT2D eigenvalue weighted by Gasteiger charge is -2.10. The number of thiazole rings is 1. The Labute approximate surface area is 107 Å². The molecule has 2 N–H and O–H groups in total. The zero-order valence-electron chi connectivity index (χ0n) is 10.8. The Bertz CT molecular complexity index is 532. The second kappa shape index (κ2) is 4.59. The molecule has 2 rings (SSSR count). The summed E-state index contributed by atoms with van der Waals surface area (Å²) in [4.78, 5) is 5.82. The number of nitrogens with zero attached hydrogens (tertiary/aromatic N) is 1. The van der Waals surface area contributed by atoms with Gasteiger partial charge in [-0.1, -0.05) is 17.7 Å². The molecule has 0 saturated heterocycles. The number of hydrogen-bond acceptors (Lipinski definition) is 3. The van der Waals surface area contributed by atoms with E-state index in [0.717, 1.165) is 10.7 Å². The standard InChI is InChI=1S/C14H18N2S/c1-8-5-9(2)13(10(3)6-8)14-12(7-15)17-11(4)16-14/h5-6H,7,15H2,1-4H3. The van der Waals surface area contributed by atoms with Crippen molar-refractivity contribution in [3.05, 3.63) is 38.7 Å². The Morgan fingerprint density at radius 1 is 1.12 bits per heavy atom. The molecule has 0 radical (unpaired) electrons. The van der Waals surface area contributed by atoms with E-state index in [0.29, 0.717) is 6.54 Å². The Morgan fingerprint density at radius 2 is 1.71 bits per heavy atom. The monoisotopic (exact) mass is 246 g/mol. The molecule has 0 atom stereocenters. The first-order chi connectivity index (χ1) is 8.02. The van der Waals surface area contributed by atoms with E-state index in [-0.39, 0.29) is 0 Å². The van der Waals surface area contributed by atoms with Crippen LogP contribution in [0, 0.1) is 27.7 Å². The van der Waals surface area contributed by atoms with Crippen LogP contribution in [-0.2, 0) is 6.54 Å². The zero-order valence-corrected chi connectivity index (χ0v) is 11.6. The fraction of sp³-hybridized carbons (Fsp3) is 0.357. The summed E-state index contributed by atoms with van der Waals surface area (Å²) in [6.45, 7) is 9.01. The number of nitrogens with two attached hydrogens (primary N) is 1. The van der Waals surface area contributed by atoms with Crippen LogP contribution < -0.4 is 5.73 Å². The van der Waals surface area contributed by atoms with Crippen molar-refractivity contribution in [1.29, 1.82) is 0 Å². The van der Waals surface area contributed by atoms with Gasteiger partial charge in [-0.2, -0.15) is 0 Å². The summed E-state index contributed by atoms with van der Waals surface area (Å²) in [5.74, 6) is 0. The molecular weight excluding hydrogens is 228 g/mol. The van der Waals surface area contributed by atoms with Crippen LogP contribution in [0.25, 0.3) is 11.3 Å². The normalized spacial score (nSPS) is 10.9. The van der Waals surface area contributed by atoms with Crippen LogP contribution in [0.15, 0.2) is 12.1 Å². The maximum Gasteiger partial charge on any atom is 0.0905 e. The summed E-state index contributed by atoms with van der Waals surface area (Å²) in [5, 5.41) is 1.08. The highest BCUT2D eigenvalue weighted by atomic mass is 32.1. The van der Waals surface area contributed by atoms with E-state index >= 15 is 0 Å². The number of aromatic nitrogens is 1. The van der Waals surface area contributed by atoms with Crippen molar-refractivity contribution in [3.63, 3.8) is 0 Å². The van der Waals surface area contributed by atoms with E-state index in [1.165, 1.54) is 27.1 Å². The topological polar surface area (TPSA) is 38.9 Å². The van der Waals surface area contributed by atoms with Gasteiger partial charge < -0.3 is 5.73 Å². The quantitative estimate of drug-likeness (QED) is 0.880. The van der Waals surface area contributed by atoms with Crippen LogP contribution in [0.1, 0.15) is 26.6 Å². The molecule has 0 bridgehead atoms. The summed E-state index contributed by atoms with van der Waals surface area (Å²) in [6, 6.07) is 4.41. The predicted molar refractivity (Wildman–Crippen MR) is 74.4 cm³/mol. The van der Waals surface area contributed by atoms with E-state index in [2.05, 4.69) is 37.9 Å². The average Bonchev–Trinajstić information content (AvgIpc) is 2.58. The summed E-state index contributed by atoms with van der Waals surface area (Å²) < 4.78 is 0. The van der Waals surface area contributed by atoms with Crippen molar-refractivity contribution >= 4 is 11.3 Å². The van der Waals surface area contributed by atoms with Gasteiger partial charge in [0.05, 0.1) is 10.7 Å². The largest absolute Gasteiger partial charge is 0.326 e. The van der Waals surface area contributed by atoms with E-state index in [1.807, 2.05) is 6.92 Å². The van der Waals surface area contributed by atoms with Crippen LogP contribution in [0.5, 0.6) is 0 Å². The molecule has 2 aromatic rings. The smallest absolute Gasteiger partial charge is 0.0905 e. The summed E-state index contributed by atoms with van der Waals surface area (Å²) in [7, 11) is 0. The molecule has 0 aliphatic carbocycles. The van der Waals surface area contributed by atoms with Crippen molar-refractivity contribution in [2.75, 3.05) is 0 Å². The Balaban J connectivity index is 2.67. The maximum absolute atomic E-state index is 5.80. The van der Waals surface area contributed by atoms with Gasteiger partial charge in [-0.15, -0.1) is 11.3 Å². The molecule has 0 amide bonds. The second-order valence-corrected chi connectivity index (χ2v) is 5.77. The molecule has 90 valence electrons. The first kappa shape index (κ1) is 12.3. The average molecular weight is 246 g/mol. The molecule has 0 aliphatic rings. The molecule has 3 heteroatoms. The highest BCUT2D eigenvalue weighted by molar-refractivity contribution is 7.12. The lowest BCUT2D eigenvalue weighted by molar-refractivity contribution is 1.09. The molecule has 0 aliphatic heterocycles. The summed E-state index contributed by atoms with van der Waals surface area (Å²) >= 11 is 1.69. The molecule has 1 aromatic heterocycles. The molecule has 0 unspecified atom stereocenters. The minimum absolute atomic E-state index is 0.563. The van der Waals surface area contributed by atoms with E-state index < -0.39 is 0 Å². The van der Waals surface area contributed by atoms with Crippen LogP contribution >= 0.6 is 11.3 Å². The van der Waals surface area contributed by atoms with Gasteiger partial charge in [0.25, 0.3) is 0 Å². The fourth-order valence-electron chi connectivity index (χ4n) is 2.36. The fourth-order valence-corrected chi connectivity index (χ4v) is 3.18. The van der Waals surface area contributed by atoms with Gasteiger partial charge in [0.1, 0.15) is 0 Å². The van der Waals surface area contributed by atoms with Crippen molar-refractivity contribution in [1.82, 2.24) is 4.98 Å². The highest BCUT2D eigenvalue weighted by Crippen LogP contribution is 2.33. The van der Waals surface area contributed by atoms with Gasteiger partial charge >= 0.3 is 0 Å². The van der Waals surface area contributed by atoms with Crippen LogP contribution in [0.2, 0.25) is 0 Å². The van der Waals surface area contributed by atoms with Gasteiger partial charge in [0, 0.05) is 17.0 Å². The maximum atomic E-state index is 5.80. The first-order valence-electron chi connectivity index (χ1n) is 5.77. The molecule has 1 aromatic carbocycles. The number of benzene rings is 1. The van der Waals surface area contributed by atoms with Gasteiger partial charge in [-0.25, -0.2) is 4.98 Å². The lowest BCUT2D eigenvalue weighted by Crippen LogP contribution is -1.98. The Kier molecular flexibility index (Phi) is 3.31. The van der Waals surface area contributed by atoms with Crippen molar-refractivity contribution < 1.29 is 0 Å². The van der Waals surface area contributed by atoms with Crippen molar-refractivity contribution in [2.45, 2.75) is 34.2 Å². The molecular formula is C14H18N2S. The highest BCUT2D eigenvalue weighted by Gasteiger charge is 2.14. The van der Waals surface area contributed by atoms with Gasteiger partial charge in [0.15, 0.2) is 0 Å². The van der Waals surface area contributed by atoms with Crippen LogP contribution in [-0.4, -0.2) is 4.98 Å². The minimum atomic E-state index is 0.563.